The van der Waals surface area contributed by atoms with Crippen LogP contribution in [0.4, 0.5) is 5.69 Å². The summed E-state index contributed by atoms with van der Waals surface area (Å²) in [5, 5.41) is 28.7. The van der Waals surface area contributed by atoms with Gasteiger partial charge >= 0.3 is 5.97 Å². The average molecular weight is 284 g/mol. The van der Waals surface area contributed by atoms with Gasteiger partial charge in [0.2, 0.25) is 0 Å². The average Bonchev–Trinajstić information content (AvgIpc) is 2.47. The molecule has 0 spiro atoms. The van der Waals surface area contributed by atoms with E-state index in [-0.39, 0.29) is 17.1 Å². The molecule has 0 saturated heterocycles. The van der Waals surface area contributed by atoms with Gasteiger partial charge in [-0.05, 0) is 24.3 Å². The van der Waals surface area contributed by atoms with Gasteiger partial charge in [-0.3, -0.25) is 10.1 Å². The van der Waals surface area contributed by atoms with E-state index < -0.39 is 22.1 Å². The number of nitro benzene ring substituents is 1. The fourth-order valence-corrected chi connectivity index (χ4v) is 1.68. The molecule has 0 aliphatic carbocycles. The minimum absolute atomic E-state index is 0.0781. The molecule has 0 bridgehead atoms. The van der Waals surface area contributed by atoms with Crippen LogP contribution in [0.3, 0.4) is 0 Å². The summed E-state index contributed by atoms with van der Waals surface area (Å²) < 4.78 is 5.41. The van der Waals surface area contributed by atoms with Crippen LogP contribution in [0.1, 0.15) is 15.9 Å². The second kappa shape index (κ2) is 5.71. The van der Waals surface area contributed by atoms with E-state index in [1.54, 1.807) is 12.1 Å². The highest BCUT2D eigenvalue weighted by molar-refractivity contribution is 5.92. The van der Waals surface area contributed by atoms with E-state index in [0.29, 0.717) is 0 Å². The van der Waals surface area contributed by atoms with Crippen LogP contribution in [0.5, 0.6) is 11.5 Å². The van der Waals surface area contributed by atoms with Crippen LogP contribution in [0.25, 0.3) is 0 Å². The van der Waals surface area contributed by atoms with Gasteiger partial charge in [-0.15, -0.1) is 0 Å². The number of benzene rings is 2. The number of hydrogen-bond donors (Lipinski definition) is 1. The molecule has 0 fully saturated rings. The van der Waals surface area contributed by atoms with Crippen LogP contribution >= 0.6 is 0 Å². The molecule has 7 heteroatoms. The van der Waals surface area contributed by atoms with Crippen molar-refractivity contribution in [2.75, 3.05) is 0 Å². The quantitative estimate of drug-likeness (QED) is 0.682. The Labute approximate surface area is 118 Å². The summed E-state index contributed by atoms with van der Waals surface area (Å²) in [6.45, 7) is 0. The number of ether oxygens (including phenoxy) is 1. The minimum atomic E-state index is -1.40. The van der Waals surface area contributed by atoms with Crippen LogP contribution < -0.4 is 4.74 Å². The van der Waals surface area contributed by atoms with Gasteiger partial charge in [0.05, 0.1) is 16.6 Å². The largest absolute Gasteiger partial charge is 0.477 e. The molecule has 0 unspecified atom stereocenters. The van der Waals surface area contributed by atoms with Crippen molar-refractivity contribution in [3.8, 4) is 17.6 Å². The molecule has 0 heterocycles. The third-order valence-corrected chi connectivity index (χ3v) is 2.63. The Kier molecular flexibility index (Phi) is 3.81. The number of nitro groups is 1. The van der Waals surface area contributed by atoms with Crippen LogP contribution in [0.15, 0.2) is 42.5 Å². The fraction of sp³-hybridized carbons (Fsp3) is 0. The van der Waals surface area contributed by atoms with Crippen LogP contribution in [0, 0.1) is 21.4 Å². The maximum atomic E-state index is 10.9. The Bertz CT molecular complexity index is 764. The summed E-state index contributed by atoms with van der Waals surface area (Å²) in [5.41, 5.74) is -0.738. The van der Waals surface area contributed by atoms with Crippen molar-refractivity contribution >= 4 is 11.7 Å². The third-order valence-electron chi connectivity index (χ3n) is 2.63. The van der Waals surface area contributed by atoms with Crippen molar-refractivity contribution in [3.05, 3.63) is 63.7 Å². The first-order valence-electron chi connectivity index (χ1n) is 5.71. The number of carboxylic acid groups (broad SMARTS) is 1. The second-order valence-electron chi connectivity index (χ2n) is 3.95. The van der Waals surface area contributed by atoms with Crippen LogP contribution in [0.2, 0.25) is 0 Å². The second-order valence-corrected chi connectivity index (χ2v) is 3.95. The number of aromatic carboxylic acids is 1. The van der Waals surface area contributed by atoms with E-state index in [1.165, 1.54) is 18.2 Å². The van der Waals surface area contributed by atoms with E-state index in [2.05, 4.69) is 0 Å². The zero-order valence-electron chi connectivity index (χ0n) is 10.5. The molecule has 0 radical (unpaired) electrons. The first kappa shape index (κ1) is 14.0. The molecule has 2 aromatic carbocycles. The predicted molar refractivity (Wildman–Crippen MR) is 71.3 cm³/mol. The van der Waals surface area contributed by atoms with Crippen molar-refractivity contribution in [1.82, 2.24) is 0 Å². The van der Waals surface area contributed by atoms with Gasteiger partial charge in [0.1, 0.15) is 23.1 Å². The van der Waals surface area contributed by atoms with Gasteiger partial charge in [-0.1, -0.05) is 12.1 Å². The summed E-state index contributed by atoms with van der Waals surface area (Å²) in [7, 11) is 0. The Balaban J connectivity index is 2.42. The van der Waals surface area contributed by atoms with Crippen LogP contribution in [-0.2, 0) is 0 Å². The lowest BCUT2D eigenvalue weighted by molar-refractivity contribution is -0.385. The summed E-state index contributed by atoms with van der Waals surface area (Å²) in [6, 6.07) is 11.7. The highest BCUT2D eigenvalue weighted by Crippen LogP contribution is 2.29. The molecule has 21 heavy (non-hydrogen) atoms. The Morgan fingerprint density at radius 2 is 2.00 bits per heavy atom. The molecule has 0 aliphatic rings. The number of rotatable bonds is 4. The van der Waals surface area contributed by atoms with Gasteiger partial charge in [0.15, 0.2) is 0 Å². The van der Waals surface area contributed by atoms with Crippen molar-refractivity contribution < 1.29 is 19.6 Å². The fourth-order valence-electron chi connectivity index (χ4n) is 1.68. The maximum absolute atomic E-state index is 10.9. The van der Waals surface area contributed by atoms with Gasteiger partial charge in [0.25, 0.3) is 5.69 Å². The monoisotopic (exact) mass is 284 g/mol. The number of nitriles is 1. The maximum Gasteiger partial charge on any atom is 0.342 e. The van der Waals surface area contributed by atoms with E-state index in [0.717, 1.165) is 12.1 Å². The SMILES string of the molecule is N#Cc1ccccc1Oc1ccc(C(=O)O)c([N+](=O)[O-])c1. The molecule has 104 valence electrons. The number of hydrogen-bond acceptors (Lipinski definition) is 5. The lowest BCUT2D eigenvalue weighted by Crippen LogP contribution is -2.02. The van der Waals surface area contributed by atoms with Gasteiger partial charge in [-0.2, -0.15) is 5.26 Å². The lowest BCUT2D eigenvalue weighted by atomic mass is 10.1. The summed E-state index contributed by atoms with van der Waals surface area (Å²) >= 11 is 0. The minimum Gasteiger partial charge on any atom is -0.477 e. The first-order chi connectivity index (χ1) is 10.0. The molecular formula is C14H8N2O5. The summed E-state index contributed by atoms with van der Waals surface area (Å²) in [5.74, 6) is -1.09. The van der Waals surface area contributed by atoms with E-state index in [9.17, 15) is 14.9 Å². The highest BCUT2D eigenvalue weighted by atomic mass is 16.6. The standard InChI is InChI=1S/C14H8N2O5/c15-8-9-3-1-2-4-13(9)21-10-5-6-11(14(17)18)12(7-10)16(19)20/h1-7H,(H,17,18). The predicted octanol–water partition coefficient (Wildman–Crippen LogP) is 2.96. The van der Waals surface area contributed by atoms with Gasteiger partial charge in [0, 0.05) is 0 Å². The first-order valence-corrected chi connectivity index (χ1v) is 5.71. The Hall–Kier alpha value is -3.40. The molecule has 2 rings (SSSR count). The molecule has 0 saturated carbocycles. The molecule has 7 nitrogen and oxygen atoms in total. The van der Waals surface area contributed by atoms with Crippen molar-refractivity contribution in [1.29, 1.82) is 5.26 Å². The molecule has 1 N–H and O–H groups in total. The lowest BCUT2D eigenvalue weighted by Gasteiger charge is -2.07. The highest BCUT2D eigenvalue weighted by Gasteiger charge is 2.21. The van der Waals surface area contributed by atoms with Crippen LogP contribution in [-0.4, -0.2) is 16.0 Å². The summed E-state index contributed by atoms with van der Waals surface area (Å²) in [4.78, 5) is 21.0. The molecule has 0 aliphatic heterocycles. The number of nitrogens with zero attached hydrogens (tertiary/aromatic N) is 2. The van der Waals surface area contributed by atoms with Gasteiger partial charge in [-0.25, -0.2) is 4.79 Å². The zero-order valence-corrected chi connectivity index (χ0v) is 10.5. The molecule has 2 aromatic rings. The van der Waals surface area contributed by atoms with E-state index in [1.807, 2.05) is 6.07 Å². The van der Waals surface area contributed by atoms with Crippen molar-refractivity contribution in [2.45, 2.75) is 0 Å². The third kappa shape index (κ3) is 2.96. The smallest absolute Gasteiger partial charge is 0.342 e. The van der Waals surface area contributed by atoms with Crippen molar-refractivity contribution in [3.63, 3.8) is 0 Å². The van der Waals surface area contributed by atoms with E-state index >= 15 is 0 Å². The normalized spacial score (nSPS) is 9.67. The molecule has 0 aromatic heterocycles. The molecule has 0 atom stereocenters. The van der Waals surface area contributed by atoms with E-state index in [4.69, 9.17) is 15.1 Å². The molecular weight excluding hydrogens is 276 g/mol. The Morgan fingerprint density at radius 3 is 2.62 bits per heavy atom. The zero-order chi connectivity index (χ0) is 15.4. The Morgan fingerprint density at radius 1 is 1.29 bits per heavy atom. The number of carbonyl (C=O) groups is 1. The summed E-state index contributed by atoms with van der Waals surface area (Å²) in [6.07, 6.45) is 0. The molecule has 0 amide bonds. The topological polar surface area (TPSA) is 113 Å². The number of para-hydroxylation sites is 1. The number of carboxylic acids is 1. The van der Waals surface area contributed by atoms with Gasteiger partial charge < -0.3 is 9.84 Å². The van der Waals surface area contributed by atoms with Crippen molar-refractivity contribution in [2.24, 2.45) is 0 Å².